The van der Waals surface area contributed by atoms with Crippen molar-refractivity contribution < 1.29 is 4.92 Å². The number of nitro groups is 1. The van der Waals surface area contributed by atoms with Crippen molar-refractivity contribution in [2.45, 2.75) is 19.9 Å². The lowest BCUT2D eigenvalue weighted by Crippen LogP contribution is -2.30. The van der Waals surface area contributed by atoms with Crippen molar-refractivity contribution in [3.8, 4) is 5.69 Å². The van der Waals surface area contributed by atoms with Gasteiger partial charge >= 0.3 is 0 Å². The van der Waals surface area contributed by atoms with Gasteiger partial charge in [-0.05, 0) is 31.5 Å². The zero-order valence-corrected chi connectivity index (χ0v) is 14.7. The minimum absolute atomic E-state index is 0.0494. The summed E-state index contributed by atoms with van der Waals surface area (Å²) in [6, 6.07) is 16.6. The molecule has 2 aromatic carbocycles. The van der Waals surface area contributed by atoms with Crippen LogP contribution < -0.4 is 15.9 Å². The van der Waals surface area contributed by atoms with E-state index in [1.54, 1.807) is 16.8 Å². The van der Waals surface area contributed by atoms with E-state index in [0.717, 1.165) is 21.9 Å². The van der Waals surface area contributed by atoms with Gasteiger partial charge in [-0.2, -0.15) is 5.10 Å². The van der Waals surface area contributed by atoms with Crippen molar-refractivity contribution in [2.75, 3.05) is 0 Å². The van der Waals surface area contributed by atoms with Crippen molar-refractivity contribution >= 4 is 18.5 Å². The van der Waals surface area contributed by atoms with E-state index < -0.39 is 4.92 Å². The third-order valence-corrected chi connectivity index (χ3v) is 4.29. The van der Waals surface area contributed by atoms with Gasteiger partial charge in [-0.25, -0.2) is 4.68 Å². The van der Waals surface area contributed by atoms with Gasteiger partial charge in [0.2, 0.25) is 0 Å². The molecule has 26 heavy (non-hydrogen) atoms. The second-order valence-electron chi connectivity index (χ2n) is 6.07. The van der Waals surface area contributed by atoms with Crippen molar-refractivity contribution in [1.82, 2.24) is 15.1 Å². The normalized spacial score (nSPS) is 12.8. The van der Waals surface area contributed by atoms with E-state index >= 15 is 0 Å². The van der Waals surface area contributed by atoms with E-state index in [0.29, 0.717) is 0 Å². The molecule has 0 aliphatic heterocycles. The van der Waals surface area contributed by atoms with Gasteiger partial charge in [0.25, 0.3) is 5.69 Å². The first-order valence-electron chi connectivity index (χ1n) is 8.28. The minimum Gasteiger partial charge on any atom is -0.384 e. The predicted molar refractivity (Wildman–Crippen MR) is 102 cm³/mol. The van der Waals surface area contributed by atoms with E-state index in [4.69, 9.17) is 0 Å². The molecule has 6 heteroatoms. The largest absolute Gasteiger partial charge is 0.384 e. The number of nitrogens with one attached hydrogen (secondary N) is 1. The molecule has 1 aromatic heterocycles. The molecule has 0 fully saturated rings. The van der Waals surface area contributed by atoms with Gasteiger partial charge in [0.1, 0.15) is 0 Å². The molecule has 3 rings (SSSR count). The number of hydrogen-bond donors (Lipinski definition) is 1. The maximum atomic E-state index is 10.8. The molecule has 0 saturated heterocycles. The Morgan fingerprint density at radius 3 is 2.46 bits per heavy atom. The highest BCUT2D eigenvalue weighted by molar-refractivity contribution is 5.41. The fraction of sp³-hybridized carbons (Fsp3) is 0.150. The van der Waals surface area contributed by atoms with Crippen molar-refractivity contribution in [2.24, 2.45) is 0 Å². The van der Waals surface area contributed by atoms with Crippen LogP contribution in [0.25, 0.3) is 18.5 Å². The molecule has 0 radical (unpaired) electrons. The molecule has 0 aliphatic carbocycles. The van der Waals surface area contributed by atoms with E-state index in [1.165, 1.54) is 17.7 Å². The highest BCUT2D eigenvalue weighted by Gasteiger charge is 2.08. The van der Waals surface area contributed by atoms with Gasteiger partial charge in [-0.15, -0.1) is 0 Å². The summed E-state index contributed by atoms with van der Waals surface area (Å²) in [5.74, 6) is 0. The molecule has 1 heterocycles. The van der Waals surface area contributed by atoms with E-state index in [9.17, 15) is 10.1 Å². The third-order valence-electron chi connectivity index (χ3n) is 4.29. The predicted octanol–water partition coefficient (Wildman–Crippen LogP) is 2.59. The monoisotopic (exact) mass is 348 g/mol. The number of nitrogens with zero attached hydrogens (tertiary/aromatic N) is 3. The molecule has 0 spiro atoms. The van der Waals surface area contributed by atoms with Gasteiger partial charge in [-0.3, -0.25) is 10.1 Å². The van der Waals surface area contributed by atoms with E-state index in [2.05, 4.69) is 36.1 Å². The fourth-order valence-electron chi connectivity index (χ4n) is 2.75. The zero-order valence-electron chi connectivity index (χ0n) is 14.7. The first kappa shape index (κ1) is 17.4. The second kappa shape index (κ2) is 7.23. The molecule has 132 valence electrons. The van der Waals surface area contributed by atoms with Crippen molar-refractivity contribution in [1.29, 1.82) is 0 Å². The lowest BCUT2D eigenvalue weighted by atomic mass is 10.1. The van der Waals surface area contributed by atoms with Gasteiger partial charge < -0.3 is 5.32 Å². The van der Waals surface area contributed by atoms with Crippen LogP contribution >= 0.6 is 0 Å². The average Bonchev–Trinajstić information content (AvgIpc) is 2.94. The van der Waals surface area contributed by atoms with Crippen LogP contribution in [0, 0.1) is 17.0 Å². The summed E-state index contributed by atoms with van der Waals surface area (Å²) < 4.78 is 1.69. The topological polar surface area (TPSA) is 73.0 Å². The number of nitro benzene ring substituents is 1. The number of hydrogen-bond acceptors (Lipinski definition) is 4. The Hall–Kier alpha value is -3.41. The Bertz CT molecular complexity index is 1020. The second-order valence-corrected chi connectivity index (χ2v) is 6.07. The SMILES string of the molecule is C=c1/c(=C\N[C@H](C)c2ccccc2)c(C)nn1-c1ccc([N+](=O)[O-])cc1. The van der Waals surface area contributed by atoms with Gasteiger partial charge in [-0.1, -0.05) is 36.9 Å². The van der Waals surface area contributed by atoms with Crippen molar-refractivity contribution in [3.05, 3.63) is 86.5 Å². The zero-order chi connectivity index (χ0) is 18.7. The molecule has 1 atom stereocenters. The Balaban J connectivity index is 1.90. The molecular weight excluding hydrogens is 328 g/mol. The standard InChI is InChI=1S/C20H20N4O2/c1-14(17-7-5-4-6-8-17)21-13-20-15(2)22-23(16(20)3)18-9-11-19(12-10-18)24(25)26/h4-14,21H,3H2,1-2H3/b20-13-/t14-/m1/s1. The van der Waals surface area contributed by atoms with Crippen LogP contribution in [-0.2, 0) is 0 Å². The molecule has 3 aromatic rings. The summed E-state index contributed by atoms with van der Waals surface area (Å²) in [4.78, 5) is 10.4. The molecule has 0 unspecified atom stereocenters. The number of rotatable bonds is 5. The Morgan fingerprint density at radius 2 is 1.85 bits per heavy atom. The average molecular weight is 348 g/mol. The van der Waals surface area contributed by atoms with Crippen molar-refractivity contribution in [3.63, 3.8) is 0 Å². The fourth-order valence-corrected chi connectivity index (χ4v) is 2.75. The van der Waals surface area contributed by atoms with Gasteiger partial charge in [0, 0.05) is 29.6 Å². The summed E-state index contributed by atoms with van der Waals surface area (Å²) >= 11 is 0. The molecule has 1 N–H and O–H groups in total. The molecule has 0 saturated carbocycles. The number of aromatic nitrogens is 2. The van der Waals surface area contributed by atoms with Gasteiger partial charge in [0.05, 0.1) is 21.7 Å². The third kappa shape index (κ3) is 3.49. The number of benzene rings is 2. The van der Waals surface area contributed by atoms with Crippen LogP contribution in [0.4, 0.5) is 5.69 Å². The summed E-state index contributed by atoms with van der Waals surface area (Å²) in [6.07, 6.45) is 1.92. The Morgan fingerprint density at radius 1 is 1.19 bits per heavy atom. The molecule has 6 nitrogen and oxygen atoms in total. The maximum Gasteiger partial charge on any atom is 0.269 e. The van der Waals surface area contributed by atoms with Crippen LogP contribution in [0.3, 0.4) is 0 Å². The molecule has 0 bridgehead atoms. The quantitative estimate of drug-likeness (QED) is 0.568. The lowest BCUT2D eigenvalue weighted by Gasteiger charge is -2.11. The molecule has 0 amide bonds. The van der Waals surface area contributed by atoms with E-state index in [1.807, 2.05) is 31.3 Å². The molecule has 0 aliphatic rings. The van der Waals surface area contributed by atoms with Crippen LogP contribution in [0.5, 0.6) is 0 Å². The number of non-ortho nitro benzene ring substituents is 1. The molecular formula is C20H20N4O2. The highest BCUT2D eigenvalue weighted by Crippen LogP contribution is 2.13. The summed E-state index contributed by atoms with van der Waals surface area (Å²) in [5, 5.41) is 20.3. The lowest BCUT2D eigenvalue weighted by molar-refractivity contribution is -0.384. The first-order chi connectivity index (χ1) is 12.5. The van der Waals surface area contributed by atoms with E-state index in [-0.39, 0.29) is 11.7 Å². The minimum atomic E-state index is -0.419. The Kier molecular flexibility index (Phi) is 4.84. The Labute approximate surface area is 151 Å². The summed E-state index contributed by atoms with van der Waals surface area (Å²) in [7, 11) is 0. The van der Waals surface area contributed by atoms with Crippen LogP contribution in [0.15, 0.2) is 54.6 Å². The van der Waals surface area contributed by atoms with Crippen LogP contribution in [0.2, 0.25) is 0 Å². The van der Waals surface area contributed by atoms with Gasteiger partial charge in [0.15, 0.2) is 0 Å². The number of aryl methyl sites for hydroxylation is 1. The smallest absolute Gasteiger partial charge is 0.269 e. The summed E-state index contributed by atoms with van der Waals surface area (Å²) in [5.41, 5.74) is 2.81. The highest BCUT2D eigenvalue weighted by atomic mass is 16.6. The van der Waals surface area contributed by atoms with Crippen LogP contribution in [0.1, 0.15) is 24.2 Å². The first-order valence-corrected chi connectivity index (χ1v) is 8.28. The van der Waals surface area contributed by atoms with Crippen LogP contribution in [-0.4, -0.2) is 14.7 Å². The summed E-state index contributed by atoms with van der Waals surface area (Å²) in [6.45, 7) is 8.12. The maximum absolute atomic E-state index is 10.8.